The molecule has 15 heavy (non-hydrogen) atoms. The third-order valence-corrected chi connectivity index (χ3v) is 3.92. The van der Waals surface area contributed by atoms with Crippen molar-refractivity contribution in [1.82, 2.24) is 5.32 Å². The molecule has 0 saturated heterocycles. The van der Waals surface area contributed by atoms with E-state index in [1.165, 1.54) is 32.1 Å². The molecule has 90 valence electrons. The van der Waals surface area contributed by atoms with Gasteiger partial charge in [-0.05, 0) is 39.0 Å². The van der Waals surface area contributed by atoms with Gasteiger partial charge in [-0.1, -0.05) is 26.2 Å². The Labute approximate surface area is 94.5 Å². The molecular weight excluding hydrogens is 186 g/mol. The Morgan fingerprint density at radius 2 is 1.93 bits per heavy atom. The van der Waals surface area contributed by atoms with Crippen LogP contribution >= 0.6 is 0 Å². The Morgan fingerprint density at radius 3 is 2.47 bits per heavy atom. The molecule has 0 spiro atoms. The second-order valence-corrected chi connectivity index (χ2v) is 5.42. The lowest BCUT2D eigenvalue weighted by molar-refractivity contribution is 0.0501. The summed E-state index contributed by atoms with van der Waals surface area (Å²) in [6, 6.07) is 0.559. The molecule has 2 N–H and O–H groups in total. The fraction of sp³-hybridized carbons (Fsp3) is 1.00. The number of hydrogen-bond acceptors (Lipinski definition) is 2. The molecule has 0 aromatic carbocycles. The van der Waals surface area contributed by atoms with E-state index in [-0.39, 0.29) is 0 Å². The van der Waals surface area contributed by atoms with Crippen molar-refractivity contribution in [3.8, 4) is 0 Å². The van der Waals surface area contributed by atoms with Crippen LogP contribution in [0.5, 0.6) is 0 Å². The first-order valence-corrected chi connectivity index (χ1v) is 6.51. The molecule has 2 nitrogen and oxygen atoms in total. The Bertz CT molecular complexity index is 173. The van der Waals surface area contributed by atoms with Gasteiger partial charge < -0.3 is 10.4 Å². The lowest BCUT2D eigenvalue weighted by Crippen LogP contribution is -2.44. The van der Waals surface area contributed by atoms with Crippen LogP contribution in [0.1, 0.15) is 59.3 Å². The summed E-state index contributed by atoms with van der Waals surface area (Å²) < 4.78 is 0. The summed E-state index contributed by atoms with van der Waals surface area (Å²) in [4.78, 5) is 0. The SMILES string of the molecule is CCC(C)(O)CNC(C)C1CCCCC1. The molecule has 1 rings (SSSR count). The van der Waals surface area contributed by atoms with Crippen molar-refractivity contribution in [3.05, 3.63) is 0 Å². The standard InChI is InChI=1S/C13H27NO/c1-4-13(3,15)10-14-11(2)12-8-6-5-7-9-12/h11-12,14-15H,4-10H2,1-3H3. The van der Waals surface area contributed by atoms with Crippen LogP contribution < -0.4 is 5.32 Å². The predicted octanol–water partition coefficient (Wildman–Crippen LogP) is 2.71. The van der Waals surface area contributed by atoms with Gasteiger partial charge in [0.25, 0.3) is 0 Å². The van der Waals surface area contributed by atoms with Gasteiger partial charge in [0.15, 0.2) is 0 Å². The monoisotopic (exact) mass is 213 g/mol. The van der Waals surface area contributed by atoms with E-state index >= 15 is 0 Å². The molecule has 2 heteroatoms. The highest BCUT2D eigenvalue weighted by Crippen LogP contribution is 2.26. The van der Waals surface area contributed by atoms with Crippen LogP contribution in [0.15, 0.2) is 0 Å². The summed E-state index contributed by atoms with van der Waals surface area (Å²) in [5.74, 6) is 0.825. The molecule has 0 heterocycles. The predicted molar refractivity (Wildman–Crippen MR) is 65.0 cm³/mol. The largest absolute Gasteiger partial charge is 0.389 e. The first-order chi connectivity index (χ1) is 7.05. The Morgan fingerprint density at radius 1 is 1.33 bits per heavy atom. The third kappa shape index (κ3) is 4.52. The van der Waals surface area contributed by atoms with Crippen molar-refractivity contribution in [2.24, 2.45) is 5.92 Å². The van der Waals surface area contributed by atoms with Crippen molar-refractivity contribution in [2.45, 2.75) is 70.9 Å². The molecule has 1 fully saturated rings. The average molecular weight is 213 g/mol. The molecule has 0 aromatic rings. The fourth-order valence-electron chi connectivity index (χ4n) is 2.31. The number of rotatable bonds is 5. The maximum absolute atomic E-state index is 9.91. The lowest BCUT2D eigenvalue weighted by Gasteiger charge is -2.31. The second-order valence-electron chi connectivity index (χ2n) is 5.42. The van der Waals surface area contributed by atoms with Crippen molar-refractivity contribution >= 4 is 0 Å². The molecule has 1 aliphatic carbocycles. The van der Waals surface area contributed by atoms with Gasteiger partial charge in [0.2, 0.25) is 0 Å². The molecule has 0 aromatic heterocycles. The van der Waals surface area contributed by atoms with E-state index in [0.717, 1.165) is 18.9 Å². The van der Waals surface area contributed by atoms with Gasteiger partial charge in [0.05, 0.1) is 5.60 Å². The molecule has 1 aliphatic rings. The van der Waals surface area contributed by atoms with Crippen molar-refractivity contribution < 1.29 is 5.11 Å². The van der Waals surface area contributed by atoms with E-state index in [1.807, 2.05) is 13.8 Å². The molecule has 0 amide bonds. The topological polar surface area (TPSA) is 32.3 Å². The van der Waals surface area contributed by atoms with Crippen molar-refractivity contribution in [2.75, 3.05) is 6.54 Å². The lowest BCUT2D eigenvalue weighted by atomic mass is 9.84. The van der Waals surface area contributed by atoms with Crippen LogP contribution in [-0.2, 0) is 0 Å². The van der Waals surface area contributed by atoms with Crippen molar-refractivity contribution in [1.29, 1.82) is 0 Å². The van der Waals surface area contributed by atoms with E-state index in [0.29, 0.717) is 6.04 Å². The average Bonchev–Trinajstić information content (AvgIpc) is 2.27. The normalized spacial score (nSPS) is 24.8. The van der Waals surface area contributed by atoms with Gasteiger partial charge in [-0.3, -0.25) is 0 Å². The highest BCUT2D eigenvalue weighted by Gasteiger charge is 2.23. The van der Waals surface area contributed by atoms with E-state index in [2.05, 4.69) is 12.2 Å². The summed E-state index contributed by atoms with van der Waals surface area (Å²) in [5, 5.41) is 13.4. The Hall–Kier alpha value is -0.0800. The Kier molecular flexibility index (Phi) is 5.07. The van der Waals surface area contributed by atoms with Crippen LogP contribution in [0.2, 0.25) is 0 Å². The van der Waals surface area contributed by atoms with Crippen LogP contribution in [0.4, 0.5) is 0 Å². The van der Waals surface area contributed by atoms with E-state index in [4.69, 9.17) is 0 Å². The van der Waals surface area contributed by atoms with E-state index in [1.54, 1.807) is 0 Å². The molecule has 2 atom stereocenters. The number of nitrogens with one attached hydrogen (secondary N) is 1. The zero-order chi connectivity index (χ0) is 11.3. The number of aliphatic hydroxyl groups is 1. The summed E-state index contributed by atoms with van der Waals surface area (Å²) in [6.45, 7) is 6.93. The minimum absolute atomic E-state index is 0.539. The van der Waals surface area contributed by atoms with Gasteiger partial charge in [-0.25, -0.2) is 0 Å². The molecule has 0 aliphatic heterocycles. The molecule has 0 radical (unpaired) electrons. The first-order valence-electron chi connectivity index (χ1n) is 6.51. The second kappa shape index (κ2) is 5.86. The molecule has 0 bridgehead atoms. The zero-order valence-electron chi connectivity index (χ0n) is 10.6. The minimum atomic E-state index is -0.539. The summed E-state index contributed by atoms with van der Waals surface area (Å²) in [5.41, 5.74) is -0.539. The van der Waals surface area contributed by atoms with Gasteiger partial charge in [0.1, 0.15) is 0 Å². The van der Waals surface area contributed by atoms with Gasteiger partial charge in [-0.2, -0.15) is 0 Å². The quantitative estimate of drug-likeness (QED) is 0.736. The summed E-state index contributed by atoms with van der Waals surface area (Å²) in [7, 11) is 0. The van der Waals surface area contributed by atoms with E-state index in [9.17, 15) is 5.11 Å². The fourth-order valence-corrected chi connectivity index (χ4v) is 2.31. The first kappa shape index (κ1) is 13.0. The third-order valence-electron chi connectivity index (χ3n) is 3.92. The summed E-state index contributed by atoms with van der Waals surface area (Å²) in [6.07, 6.45) is 7.74. The zero-order valence-corrected chi connectivity index (χ0v) is 10.6. The van der Waals surface area contributed by atoms with Crippen molar-refractivity contribution in [3.63, 3.8) is 0 Å². The molecule has 1 saturated carbocycles. The Balaban J connectivity index is 2.25. The summed E-state index contributed by atoms with van der Waals surface area (Å²) >= 11 is 0. The van der Waals surface area contributed by atoms with Gasteiger partial charge in [0, 0.05) is 12.6 Å². The maximum Gasteiger partial charge on any atom is 0.0741 e. The van der Waals surface area contributed by atoms with Crippen LogP contribution in [0.3, 0.4) is 0 Å². The molecular formula is C13H27NO. The van der Waals surface area contributed by atoms with Gasteiger partial charge >= 0.3 is 0 Å². The highest BCUT2D eigenvalue weighted by molar-refractivity contribution is 4.80. The number of hydrogen-bond donors (Lipinski definition) is 2. The van der Waals surface area contributed by atoms with Crippen LogP contribution in [-0.4, -0.2) is 23.3 Å². The van der Waals surface area contributed by atoms with Crippen LogP contribution in [0, 0.1) is 5.92 Å². The van der Waals surface area contributed by atoms with E-state index < -0.39 is 5.60 Å². The smallest absolute Gasteiger partial charge is 0.0741 e. The highest BCUT2D eigenvalue weighted by atomic mass is 16.3. The van der Waals surface area contributed by atoms with Gasteiger partial charge in [-0.15, -0.1) is 0 Å². The minimum Gasteiger partial charge on any atom is -0.389 e. The molecule has 2 unspecified atom stereocenters. The maximum atomic E-state index is 9.91. The van der Waals surface area contributed by atoms with Crippen LogP contribution in [0.25, 0.3) is 0 Å².